The summed E-state index contributed by atoms with van der Waals surface area (Å²) in [7, 11) is 0. The number of carbonyl (C=O) groups is 2. The number of amides is 3. The van der Waals surface area contributed by atoms with Gasteiger partial charge in [0.25, 0.3) is 5.91 Å². The molecule has 26 heavy (non-hydrogen) atoms. The molecule has 0 spiro atoms. The zero-order chi connectivity index (χ0) is 18.7. The van der Waals surface area contributed by atoms with Gasteiger partial charge in [-0.05, 0) is 81.1 Å². The van der Waals surface area contributed by atoms with Gasteiger partial charge in [-0.2, -0.15) is 0 Å². The van der Waals surface area contributed by atoms with Gasteiger partial charge in [0.2, 0.25) is 0 Å². The lowest BCUT2D eigenvalue weighted by atomic mass is 10.2. The number of hydrogen-bond donors (Lipinski definition) is 1. The average molecular weight is 572 g/mol. The molecule has 1 saturated heterocycles. The van der Waals surface area contributed by atoms with Crippen molar-refractivity contribution in [3.63, 3.8) is 0 Å². The molecule has 1 aliphatic heterocycles. The summed E-state index contributed by atoms with van der Waals surface area (Å²) < 4.78 is 7.49. The van der Waals surface area contributed by atoms with Crippen molar-refractivity contribution in [3.8, 4) is 5.75 Å². The van der Waals surface area contributed by atoms with Gasteiger partial charge in [0.1, 0.15) is 18.1 Å². The van der Waals surface area contributed by atoms with Crippen molar-refractivity contribution in [2.45, 2.75) is 0 Å². The Kier molecular flexibility index (Phi) is 5.97. The molecule has 5 nitrogen and oxygen atoms in total. The molecule has 1 fully saturated rings. The van der Waals surface area contributed by atoms with E-state index in [0.717, 1.165) is 23.4 Å². The third-order valence-corrected chi connectivity index (χ3v) is 5.17. The molecule has 7 heteroatoms. The number of nitrogens with one attached hydrogen (secondary N) is 1. The van der Waals surface area contributed by atoms with E-state index in [9.17, 15) is 9.59 Å². The minimum absolute atomic E-state index is 0.241. The fraction of sp³-hybridized carbons (Fsp3) is 0.0526. The Labute approximate surface area is 178 Å². The molecule has 2 aromatic rings. The third-order valence-electron chi connectivity index (χ3n) is 3.57. The number of carbonyl (C=O) groups excluding carboxylic acids is 2. The summed E-state index contributed by atoms with van der Waals surface area (Å²) in [6.45, 7) is 4.07. The summed E-state index contributed by atoms with van der Waals surface area (Å²) in [5.41, 5.74) is 1.59. The molecule has 3 amide bonds. The van der Waals surface area contributed by atoms with Gasteiger partial charge < -0.3 is 10.1 Å². The molecule has 0 saturated carbocycles. The lowest BCUT2D eigenvalue weighted by molar-refractivity contribution is -0.113. The summed E-state index contributed by atoms with van der Waals surface area (Å²) in [5.74, 6) is 0.402. The normalized spacial score (nSPS) is 15.3. The fourth-order valence-corrected chi connectivity index (χ4v) is 4.58. The Bertz CT molecular complexity index is 887. The van der Waals surface area contributed by atoms with Crippen LogP contribution in [0.15, 0.2) is 60.8 Å². The number of rotatable bonds is 5. The van der Waals surface area contributed by atoms with E-state index in [1.807, 2.05) is 18.2 Å². The quantitative estimate of drug-likeness (QED) is 0.248. The summed E-state index contributed by atoms with van der Waals surface area (Å²) in [5, 5.41) is 2.64. The highest BCUT2D eigenvalue weighted by molar-refractivity contribution is 14.1. The van der Waals surface area contributed by atoms with Crippen LogP contribution in [0.4, 0.5) is 10.5 Å². The second-order valence-corrected chi connectivity index (χ2v) is 7.70. The Hall–Kier alpha value is -1.88. The van der Waals surface area contributed by atoms with Crippen molar-refractivity contribution in [1.29, 1.82) is 0 Å². The molecule has 3 rings (SSSR count). The molecular weight excluding hydrogens is 558 g/mol. The van der Waals surface area contributed by atoms with Gasteiger partial charge in [-0.25, -0.2) is 9.69 Å². The van der Waals surface area contributed by atoms with Gasteiger partial charge in [-0.15, -0.1) is 0 Å². The summed E-state index contributed by atoms with van der Waals surface area (Å²) in [6, 6.07) is 12.2. The average Bonchev–Trinajstić information content (AvgIpc) is 2.88. The Morgan fingerprint density at radius 2 is 1.77 bits per heavy atom. The first-order valence-corrected chi connectivity index (χ1v) is 9.82. The van der Waals surface area contributed by atoms with Crippen molar-refractivity contribution >= 4 is 68.9 Å². The van der Waals surface area contributed by atoms with Crippen LogP contribution >= 0.6 is 45.2 Å². The lowest BCUT2D eigenvalue weighted by Gasteiger charge is -2.11. The molecule has 0 radical (unpaired) electrons. The van der Waals surface area contributed by atoms with Crippen LogP contribution in [0.2, 0.25) is 0 Å². The van der Waals surface area contributed by atoms with Gasteiger partial charge in [-0.3, -0.25) is 4.79 Å². The van der Waals surface area contributed by atoms with Crippen molar-refractivity contribution in [3.05, 3.63) is 73.5 Å². The first kappa shape index (κ1) is 18.9. The van der Waals surface area contributed by atoms with E-state index >= 15 is 0 Å². The van der Waals surface area contributed by atoms with Crippen molar-refractivity contribution in [2.75, 3.05) is 11.5 Å². The number of nitrogens with zero attached hydrogens (tertiary/aromatic N) is 1. The van der Waals surface area contributed by atoms with Crippen LogP contribution in [0.3, 0.4) is 0 Å². The van der Waals surface area contributed by atoms with E-state index in [4.69, 9.17) is 4.74 Å². The maximum absolute atomic E-state index is 12.6. The Morgan fingerprint density at radius 3 is 2.38 bits per heavy atom. The number of benzene rings is 2. The van der Waals surface area contributed by atoms with Crippen LogP contribution in [-0.2, 0) is 4.79 Å². The van der Waals surface area contributed by atoms with Crippen molar-refractivity contribution in [2.24, 2.45) is 0 Å². The number of para-hydroxylation sites is 1. The van der Waals surface area contributed by atoms with Crippen LogP contribution in [0.5, 0.6) is 5.75 Å². The molecule has 0 atom stereocenters. The number of anilines is 1. The molecule has 1 aliphatic rings. The van der Waals surface area contributed by atoms with E-state index in [2.05, 4.69) is 57.1 Å². The van der Waals surface area contributed by atoms with Crippen molar-refractivity contribution in [1.82, 2.24) is 5.32 Å². The van der Waals surface area contributed by atoms with E-state index in [-0.39, 0.29) is 11.6 Å². The Morgan fingerprint density at radius 1 is 1.12 bits per heavy atom. The van der Waals surface area contributed by atoms with Gasteiger partial charge in [0, 0.05) is 0 Å². The number of halogens is 2. The van der Waals surface area contributed by atoms with Crippen LogP contribution in [0.1, 0.15) is 5.56 Å². The van der Waals surface area contributed by atoms with Crippen LogP contribution in [-0.4, -0.2) is 18.5 Å². The van der Waals surface area contributed by atoms with Crippen LogP contribution in [0.25, 0.3) is 6.08 Å². The second kappa shape index (κ2) is 8.21. The van der Waals surface area contributed by atoms with E-state index in [1.165, 1.54) is 0 Å². The van der Waals surface area contributed by atoms with Crippen LogP contribution in [0, 0.1) is 7.14 Å². The zero-order valence-corrected chi connectivity index (χ0v) is 17.9. The van der Waals surface area contributed by atoms with Gasteiger partial charge in [0.15, 0.2) is 0 Å². The third kappa shape index (κ3) is 3.93. The molecule has 132 valence electrons. The molecule has 1 N–H and O–H groups in total. The maximum Gasteiger partial charge on any atom is 0.333 e. The van der Waals surface area contributed by atoms with Gasteiger partial charge >= 0.3 is 6.03 Å². The van der Waals surface area contributed by atoms with Crippen molar-refractivity contribution < 1.29 is 14.3 Å². The first-order chi connectivity index (χ1) is 12.5. The highest BCUT2D eigenvalue weighted by Crippen LogP contribution is 2.30. The predicted molar refractivity (Wildman–Crippen MR) is 118 cm³/mol. The molecule has 0 unspecified atom stereocenters. The zero-order valence-electron chi connectivity index (χ0n) is 13.5. The highest BCUT2D eigenvalue weighted by atomic mass is 127. The molecule has 0 aliphatic carbocycles. The number of hydrogen-bond acceptors (Lipinski definition) is 3. The van der Waals surface area contributed by atoms with E-state index < -0.39 is 6.03 Å². The minimum atomic E-state index is -0.456. The Balaban J connectivity index is 1.90. The number of ether oxygens (including phenoxy) is 1. The smallest absolute Gasteiger partial charge is 0.333 e. The monoisotopic (exact) mass is 572 g/mol. The number of imide groups is 1. The van der Waals surface area contributed by atoms with E-state index in [0.29, 0.717) is 12.3 Å². The summed E-state index contributed by atoms with van der Waals surface area (Å²) in [6.07, 6.45) is 3.36. The van der Waals surface area contributed by atoms with Gasteiger partial charge in [-0.1, -0.05) is 30.9 Å². The minimum Gasteiger partial charge on any atom is -0.487 e. The predicted octanol–water partition coefficient (Wildman–Crippen LogP) is 4.56. The standard InChI is InChI=1S/C19H14I2N2O3/c1-2-8-26-17-14(20)9-12(10-15(17)21)11-16-18(24)23(19(25)22-16)13-6-4-3-5-7-13/h2-7,9-11H,1,8H2,(H,22,25)/b16-11+. The molecular formula is C19H14I2N2O3. The molecule has 0 aromatic heterocycles. The topological polar surface area (TPSA) is 58.6 Å². The summed E-state index contributed by atoms with van der Waals surface area (Å²) in [4.78, 5) is 26.0. The SMILES string of the molecule is C=CCOc1c(I)cc(/C=C2/NC(=O)N(c3ccccc3)C2=O)cc1I. The van der Waals surface area contributed by atoms with Crippen LogP contribution < -0.4 is 15.0 Å². The molecule has 0 bridgehead atoms. The van der Waals surface area contributed by atoms with Gasteiger partial charge in [0.05, 0.1) is 12.8 Å². The molecule has 2 aromatic carbocycles. The fourth-order valence-electron chi connectivity index (χ4n) is 2.46. The summed E-state index contributed by atoms with van der Waals surface area (Å²) >= 11 is 4.37. The van der Waals surface area contributed by atoms with E-state index in [1.54, 1.807) is 36.4 Å². The highest BCUT2D eigenvalue weighted by Gasteiger charge is 2.34. The molecule has 1 heterocycles. The largest absolute Gasteiger partial charge is 0.487 e. The first-order valence-electron chi connectivity index (χ1n) is 7.66. The maximum atomic E-state index is 12.6. The second-order valence-electron chi connectivity index (χ2n) is 5.38. The lowest BCUT2D eigenvalue weighted by Crippen LogP contribution is -2.30. The number of urea groups is 1.